The SMILES string of the molecule is CCc1ccc(CNC2CCC(CO)CC2)cc1. The van der Waals surface area contributed by atoms with Crippen LogP contribution in [0.4, 0.5) is 0 Å². The highest BCUT2D eigenvalue weighted by molar-refractivity contribution is 5.22. The average Bonchev–Trinajstić information content (AvgIpc) is 2.46. The maximum absolute atomic E-state index is 9.11. The zero-order valence-electron chi connectivity index (χ0n) is 11.4. The van der Waals surface area contributed by atoms with Gasteiger partial charge in [-0.15, -0.1) is 0 Å². The van der Waals surface area contributed by atoms with Gasteiger partial charge in [0.15, 0.2) is 0 Å². The highest BCUT2D eigenvalue weighted by Gasteiger charge is 2.19. The first-order valence-corrected chi connectivity index (χ1v) is 7.24. The number of nitrogens with one attached hydrogen (secondary N) is 1. The van der Waals surface area contributed by atoms with Crippen LogP contribution in [0, 0.1) is 5.92 Å². The van der Waals surface area contributed by atoms with Crippen molar-refractivity contribution in [1.29, 1.82) is 0 Å². The first-order chi connectivity index (χ1) is 8.81. The number of hydrogen-bond acceptors (Lipinski definition) is 2. The number of aliphatic hydroxyl groups excluding tert-OH is 1. The molecule has 0 amide bonds. The fourth-order valence-corrected chi connectivity index (χ4v) is 2.70. The van der Waals surface area contributed by atoms with Crippen LogP contribution >= 0.6 is 0 Å². The van der Waals surface area contributed by atoms with Gasteiger partial charge in [-0.25, -0.2) is 0 Å². The predicted molar refractivity (Wildman–Crippen MR) is 75.5 cm³/mol. The fourth-order valence-electron chi connectivity index (χ4n) is 2.70. The van der Waals surface area contributed by atoms with Crippen LogP contribution in [0.15, 0.2) is 24.3 Å². The van der Waals surface area contributed by atoms with E-state index in [0.29, 0.717) is 18.6 Å². The number of benzene rings is 1. The molecule has 1 fully saturated rings. The van der Waals surface area contributed by atoms with Crippen molar-refractivity contribution in [2.75, 3.05) is 6.61 Å². The van der Waals surface area contributed by atoms with Gasteiger partial charge in [0.05, 0.1) is 0 Å². The van der Waals surface area contributed by atoms with Crippen molar-refractivity contribution in [2.24, 2.45) is 5.92 Å². The summed E-state index contributed by atoms with van der Waals surface area (Å²) in [6, 6.07) is 9.54. The van der Waals surface area contributed by atoms with E-state index in [4.69, 9.17) is 5.11 Å². The number of hydrogen-bond donors (Lipinski definition) is 2. The smallest absolute Gasteiger partial charge is 0.0459 e. The monoisotopic (exact) mass is 247 g/mol. The predicted octanol–water partition coefficient (Wildman–Crippen LogP) is 2.89. The van der Waals surface area contributed by atoms with Crippen molar-refractivity contribution in [3.05, 3.63) is 35.4 Å². The molecule has 0 unspecified atom stereocenters. The molecule has 0 heterocycles. The molecule has 0 saturated heterocycles. The third-order valence-corrected chi connectivity index (χ3v) is 4.13. The van der Waals surface area contributed by atoms with E-state index in [1.807, 2.05) is 0 Å². The van der Waals surface area contributed by atoms with E-state index < -0.39 is 0 Å². The van der Waals surface area contributed by atoms with Gasteiger partial charge in [-0.2, -0.15) is 0 Å². The summed E-state index contributed by atoms with van der Waals surface area (Å²) in [4.78, 5) is 0. The Morgan fingerprint density at radius 3 is 2.22 bits per heavy atom. The zero-order chi connectivity index (χ0) is 12.8. The molecule has 0 atom stereocenters. The molecule has 100 valence electrons. The molecule has 1 aromatic rings. The first-order valence-electron chi connectivity index (χ1n) is 7.24. The molecule has 1 saturated carbocycles. The van der Waals surface area contributed by atoms with Crippen LogP contribution in [-0.2, 0) is 13.0 Å². The van der Waals surface area contributed by atoms with E-state index in [1.54, 1.807) is 0 Å². The molecule has 2 N–H and O–H groups in total. The third kappa shape index (κ3) is 3.82. The van der Waals surface area contributed by atoms with Crippen molar-refractivity contribution in [3.63, 3.8) is 0 Å². The van der Waals surface area contributed by atoms with Gasteiger partial charge >= 0.3 is 0 Å². The summed E-state index contributed by atoms with van der Waals surface area (Å²) in [6.45, 7) is 3.52. The van der Waals surface area contributed by atoms with Gasteiger partial charge < -0.3 is 10.4 Å². The number of aryl methyl sites for hydroxylation is 1. The standard InChI is InChI=1S/C16H25NO/c1-2-13-3-5-14(6-4-13)11-17-16-9-7-15(12-18)8-10-16/h3-6,15-18H,2,7-12H2,1H3. The van der Waals surface area contributed by atoms with E-state index in [2.05, 4.69) is 36.5 Å². The van der Waals surface area contributed by atoms with Gasteiger partial charge in [0.25, 0.3) is 0 Å². The second kappa shape index (κ2) is 6.91. The molecular formula is C16H25NO. The van der Waals surface area contributed by atoms with Crippen LogP contribution in [0.5, 0.6) is 0 Å². The summed E-state index contributed by atoms with van der Waals surface area (Å²) in [5.74, 6) is 0.548. The molecule has 2 heteroatoms. The maximum Gasteiger partial charge on any atom is 0.0459 e. The van der Waals surface area contributed by atoms with E-state index in [0.717, 1.165) is 13.0 Å². The minimum absolute atomic E-state index is 0.366. The highest BCUT2D eigenvalue weighted by Crippen LogP contribution is 2.23. The van der Waals surface area contributed by atoms with Crippen LogP contribution in [0.3, 0.4) is 0 Å². The molecule has 1 aromatic carbocycles. The minimum atomic E-state index is 0.366. The van der Waals surface area contributed by atoms with Gasteiger partial charge in [0.1, 0.15) is 0 Å². The molecule has 0 aliphatic heterocycles. The van der Waals surface area contributed by atoms with Gasteiger partial charge in [0, 0.05) is 19.2 Å². The summed E-state index contributed by atoms with van der Waals surface area (Å²) in [5, 5.41) is 12.8. The Hall–Kier alpha value is -0.860. The van der Waals surface area contributed by atoms with Gasteiger partial charge in [-0.1, -0.05) is 31.2 Å². The largest absolute Gasteiger partial charge is 0.396 e. The molecule has 1 aliphatic rings. The Morgan fingerprint density at radius 2 is 1.67 bits per heavy atom. The zero-order valence-corrected chi connectivity index (χ0v) is 11.4. The van der Waals surface area contributed by atoms with E-state index >= 15 is 0 Å². The minimum Gasteiger partial charge on any atom is -0.396 e. The summed E-state index contributed by atoms with van der Waals surface area (Å²) < 4.78 is 0. The molecule has 1 aliphatic carbocycles. The fraction of sp³-hybridized carbons (Fsp3) is 0.625. The Kier molecular flexibility index (Phi) is 5.21. The van der Waals surface area contributed by atoms with Crippen molar-refractivity contribution in [3.8, 4) is 0 Å². The van der Waals surface area contributed by atoms with Gasteiger partial charge in [-0.3, -0.25) is 0 Å². The molecule has 2 rings (SSSR count). The highest BCUT2D eigenvalue weighted by atomic mass is 16.3. The Balaban J connectivity index is 1.74. The third-order valence-electron chi connectivity index (χ3n) is 4.13. The lowest BCUT2D eigenvalue weighted by molar-refractivity contribution is 0.175. The summed E-state index contributed by atoms with van der Waals surface area (Å²) in [5.41, 5.74) is 2.78. The van der Waals surface area contributed by atoms with Gasteiger partial charge in [-0.05, 0) is 49.1 Å². The molecule has 0 radical (unpaired) electrons. The second-order valence-electron chi connectivity index (χ2n) is 5.45. The lowest BCUT2D eigenvalue weighted by atomic mass is 9.86. The number of aliphatic hydroxyl groups is 1. The maximum atomic E-state index is 9.11. The molecular weight excluding hydrogens is 222 g/mol. The Morgan fingerprint density at radius 1 is 1.06 bits per heavy atom. The number of rotatable bonds is 5. The first kappa shape index (κ1) is 13.6. The quantitative estimate of drug-likeness (QED) is 0.838. The topological polar surface area (TPSA) is 32.3 Å². The normalized spacial score (nSPS) is 24.1. The van der Waals surface area contributed by atoms with Crippen LogP contribution in [0.25, 0.3) is 0 Å². The molecule has 0 spiro atoms. The van der Waals surface area contributed by atoms with Crippen LogP contribution in [0.1, 0.15) is 43.7 Å². The van der Waals surface area contributed by atoms with Crippen LogP contribution in [0.2, 0.25) is 0 Å². The summed E-state index contributed by atoms with van der Waals surface area (Å²) in [6.07, 6.45) is 5.86. The van der Waals surface area contributed by atoms with E-state index in [-0.39, 0.29) is 0 Å². The van der Waals surface area contributed by atoms with E-state index in [1.165, 1.54) is 36.8 Å². The van der Waals surface area contributed by atoms with Gasteiger partial charge in [0.2, 0.25) is 0 Å². The lowest BCUT2D eigenvalue weighted by Gasteiger charge is -2.28. The van der Waals surface area contributed by atoms with Crippen molar-refractivity contribution in [1.82, 2.24) is 5.32 Å². The van der Waals surface area contributed by atoms with Crippen molar-refractivity contribution in [2.45, 2.75) is 51.6 Å². The molecule has 0 bridgehead atoms. The molecule has 18 heavy (non-hydrogen) atoms. The summed E-state index contributed by atoms with van der Waals surface area (Å²) >= 11 is 0. The van der Waals surface area contributed by atoms with E-state index in [9.17, 15) is 0 Å². The van der Waals surface area contributed by atoms with Crippen molar-refractivity contribution >= 4 is 0 Å². The molecule has 2 nitrogen and oxygen atoms in total. The van der Waals surface area contributed by atoms with Crippen LogP contribution < -0.4 is 5.32 Å². The Bertz CT molecular complexity index is 339. The average molecular weight is 247 g/mol. The summed E-state index contributed by atoms with van der Waals surface area (Å²) in [7, 11) is 0. The van der Waals surface area contributed by atoms with Crippen molar-refractivity contribution < 1.29 is 5.11 Å². The van der Waals surface area contributed by atoms with Crippen LogP contribution in [-0.4, -0.2) is 17.8 Å². The Labute approximate surface area is 110 Å². The molecule has 0 aromatic heterocycles. The lowest BCUT2D eigenvalue weighted by Crippen LogP contribution is -2.33. The second-order valence-corrected chi connectivity index (χ2v) is 5.45.